The minimum Gasteiger partial charge on any atom is -0.492 e. The molecular formula is C14H19F3N2OS. The molecule has 118 valence electrons. The van der Waals surface area contributed by atoms with Crippen LogP contribution in [0.4, 0.5) is 13.2 Å². The van der Waals surface area contributed by atoms with Gasteiger partial charge in [-0.25, -0.2) is 0 Å². The molecule has 1 rings (SSSR count). The maximum atomic E-state index is 13.0. The first-order valence-electron chi connectivity index (χ1n) is 6.65. The normalized spacial score (nSPS) is 11.7. The van der Waals surface area contributed by atoms with Crippen LogP contribution in [0.5, 0.6) is 5.75 Å². The van der Waals surface area contributed by atoms with Gasteiger partial charge in [0.15, 0.2) is 0 Å². The lowest BCUT2D eigenvalue weighted by Gasteiger charge is -2.19. The number of ether oxygens (including phenoxy) is 1. The summed E-state index contributed by atoms with van der Waals surface area (Å²) in [5, 5.41) is 0. The third kappa shape index (κ3) is 5.17. The SMILES string of the molecule is CCN(CC)CCOc1ccc(C(N)=S)c(C(F)(F)F)c1. The maximum Gasteiger partial charge on any atom is 0.417 e. The van der Waals surface area contributed by atoms with Crippen LogP contribution in [-0.2, 0) is 6.18 Å². The third-order valence-electron chi connectivity index (χ3n) is 3.13. The minimum absolute atomic E-state index is 0.162. The van der Waals surface area contributed by atoms with Crippen molar-refractivity contribution in [1.29, 1.82) is 0 Å². The van der Waals surface area contributed by atoms with E-state index in [0.29, 0.717) is 13.2 Å². The Hall–Kier alpha value is -1.34. The largest absolute Gasteiger partial charge is 0.492 e. The minimum atomic E-state index is -4.52. The molecule has 0 aliphatic rings. The van der Waals surface area contributed by atoms with Gasteiger partial charge in [0.1, 0.15) is 17.3 Å². The summed E-state index contributed by atoms with van der Waals surface area (Å²) in [6.45, 7) is 6.75. The second-order valence-corrected chi connectivity index (χ2v) is 4.88. The molecule has 21 heavy (non-hydrogen) atoms. The van der Waals surface area contributed by atoms with Crippen LogP contribution < -0.4 is 10.5 Å². The number of benzene rings is 1. The summed E-state index contributed by atoms with van der Waals surface area (Å²) in [6, 6.07) is 3.64. The average Bonchev–Trinajstić information content (AvgIpc) is 2.42. The molecule has 0 amide bonds. The van der Waals surface area contributed by atoms with E-state index in [1.807, 2.05) is 13.8 Å². The van der Waals surface area contributed by atoms with Crippen molar-refractivity contribution in [1.82, 2.24) is 4.90 Å². The molecule has 0 saturated heterocycles. The number of alkyl halides is 3. The lowest BCUT2D eigenvalue weighted by atomic mass is 10.1. The fraction of sp³-hybridized carbons (Fsp3) is 0.500. The molecule has 3 nitrogen and oxygen atoms in total. The summed E-state index contributed by atoms with van der Waals surface area (Å²) in [5.74, 6) is 0.162. The van der Waals surface area contributed by atoms with Gasteiger partial charge in [0.05, 0.1) is 5.56 Å². The van der Waals surface area contributed by atoms with Crippen molar-refractivity contribution in [3.05, 3.63) is 29.3 Å². The van der Waals surface area contributed by atoms with E-state index in [1.54, 1.807) is 0 Å². The van der Waals surface area contributed by atoms with Crippen LogP contribution in [0.1, 0.15) is 25.0 Å². The molecule has 0 bridgehead atoms. The Balaban J connectivity index is 2.84. The van der Waals surface area contributed by atoms with E-state index in [1.165, 1.54) is 12.1 Å². The van der Waals surface area contributed by atoms with E-state index in [9.17, 15) is 13.2 Å². The summed E-state index contributed by atoms with van der Waals surface area (Å²) < 4.78 is 44.3. The standard InChI is InChI=1S/C14H19F3N2OS/c1-3-19(4-2)7-8-20-10-5-6-11(13(18)21)12(9-10)14(15,16)17/h5-6,9H,3-4,7-8H2,1-2H3,(H2,18,21). The molecule has 0 unspecified atom stereocenters. The summed E-state index contributed by atoms with van der Waals surface area (Å²) in [6.07, 6.45) is -4.52. The van der Waals surface area contributed by atoms with Crippen molar-refractivity contribution in [2.45, 2.75) is 20.0 Å². The lowest BCUT2D eigenvalue weighted by Crippen LogP contribution is -2.28. The van der Waals surface area contributed by atoms with Crippen LogP contribution >= 0.6 is 12.2 Å². The molecular weight excluding hydrogens is 301 g/mol. The number of halogens is 3. The van der Waals surface area contributed by atoms with Crippen molar-refractivity contribution in [3.8, 4) is 5.75 Å². The van der Waals surface area contributed by atoms with Gasteiger partial charge in [0, 0.05) is 12.1 Å². The van der Waals surface area contributed by atoms with E-state index in [-0.39, 0.29) is 16.3 Å². The predicted octanol–water partition coefficient (Wildman–Crippen LogP) is 3.06. The maximum absolute atomic E-state index is 13.0. The second-order valence-electron chi connectivity index (χ2n) is 4.44. The molecule has 0 aromatic heterocycles. The number of nitrogens with two attached hydrogens (primary N) is 1. The zero-order valence-corrected chi connectivity index (χ0v) is 12.9. The third-order valence-corrected chi connectivity index (χ3v) is 3.35. The van der Waals surface area contributed by atoms with Gasteiger partial charge in [0.2, 0.25) is 0 Å². The van der Waals surface area contributed by atoms with Crippen molar-refractivity contribution in [2.24, 2.45) is 5.73 Å². The molecule has 7 heteroatoms. The van der Waals surface area contributed by atoms with Crippen LogP contribution in [0.2, 0.25) is 0 Å². The number of rotatable bonds is 7. The highest BCUT2D eigenvalue weighted by molar-refractivity contribution is 7.80. The molecule has 0 aliphatic heterocycles. The van der Waals surface area contributed by atoms with Crippen molar-refractivity contribution < 1.29 is 17.9 Å². The van der Waals surface area contributed by atoms with Crippen molar-refractivity contribution in [2.75, 3.05) is 26.2 Å². The Kier molecular flexibility index (Phi) is 6.42. The predicted molar refractivity (Wildman–Crippen MR) is 80.6 cm³/mol. The van der Waals surface area contributed by atoms with E-state index >= 15 is 0 Å². The van der Waals surface area contributed by atoms with Crippen LogP contribution in [0.15, 0.2) is 18.2 Å². The molecule has 0 aliphatic carbocycles. The first-order chi connectivity index (χ1) is 9.79. The molecule has 0 saturated carbocycles. The Morgan fingerprint density at radius 2 is 1.90 bits per heavy atom. The fourth-order valence-corrected chi connectivity index (χ4v) is 2.07. The Bertz CT molecular complexity index is 488. The van der Waals surface area contributed by atoms with Crippen LogP contribution in [0.3, 0.4) is 0 Å². The molecule has 1 aromatic carbocycles. The number of thiocarbonyl (C=S) groups is 1. The van der Waals surface area contributed by atoms with Crippen LogP contribution in [0, 0.1) is 0 Å². The van der Waals surface area contributed by atoms with Gasteiger partial charge in [0.25, 0.3) is 0 Å². The molecule has 0 heterocycles. The second kappa shape index (κ2) is 7.61. The quantitative estimate of drug-likeness (QED) is 0.784. The number of hydrogen-bond donors (Lipinski definition) is 1. The summed E-state index contributed by atoms with van der Waals surface area (Å²) >= 11 is 4.65. The lowest BCUT2D eigenvalue weighted by molar-refractivity contribution is -0.137. The topological polar surface area (TPSA) is 38.5 Å². The van der Waals surface area contributed by atoms with Gasteiger partial charge in [-0.3, -0.25) is 0 Å². The van der Waals surface area contributed by atoms with Gasteiger partial charge in [-0.15, -0.1) is 0 Å². The summed E-state index contributed by atoms with van der Waals surface area (Å²) in [7, 11) is 0. The molecule has 1 aromatic rings. The van der Waals surface area contributed by atoms with Crippen molar-refractivity contribution >= 4 is 17.2 Å². The van der Waals surface area contributed by atoms with Crippen LogP contribution in [0.25, 0.3) is 0 Å². The Labute approximate surface area is 127 Å². The van der Waals surface area contributed by atoms with Gasteiger partial charge >= 0.3 is 6.18 Å². The number of nitrogens with zero attached hydrogens (tertiary/aromatic N) is 1. The van der Waals surface area contributed by atoms with E-state index in [4.69, 9.17) is 10.5 Å². The zero-order valence-electron chi connectivity index (χ0n) is 12.0. The van der Waals surface area contributed by atoms with E-state index in [0.717, 1.165) is 19.2 Å². The Morgan fingerprint density at radius 1 is 1.29 bits per heavy atom. The molecule has 0 radical (unpaired) electrons. The molecule has 2 N–H and O–H groups in total. The highest BCUT2D eigenvalue weighted by Crippen LogP contribution is 2.34. The number of likely N-dealkylation sites (N-methyl/N-ethyl adjacent to an activating group) is 1. The van der Waals surface area contributed by atoms with Gasteiger partial charge in [-0.1, -0.05) is 26.1 Å². The number of hydrogen-bond acceptors (Lipinski definition) is 3. The highest BCUT2D eigenvalue weighted by Gasteiger charge is 2.34. The molecule has 0 atom stereocenters. The van der Waals surface area contributed by atoms with Crippen molar-refractivity contribution in [3.63, 3.8) is 0 Å². The van der Waals surface area contributed by atoms with Crippen LogP contribution in [-0.4, -0.2) is 36.1 Å². The monoisotopic (exact) mass is 320 g/mol. The zero-order chi connectivity index (χ0) is 16.0. The van der Waals surface area contributed by atoms with Gasteiger partial charge in [-0.2, -0.15) is 13.2 Å². The first-order valence-corrected chi connectivity index (χ1v) is 7.06. The molecule has 0 spiro atoms. The van der Waals surface area contributed by atoms with E-state index < -0.39 is 11.7 Å². The average molecular weight is 320 g/mol. The first kappa shape index (κ1) is 17.7. The highest BCUT2D eigenvalue weighted by atomic mass is 32.1. The smallest absolute Gasteiger partial charge is 0.417 e. The van der Waals surface area contributed by atoms with Gasteiger partial charge in [-0.05, 0) is 31.3 Å². The summed E-state index contributed by atoms with van der Waals surface area (Å²) in [4.78, 5) is 1.84. The Morgan fingerprint density at radius 3 is 2.38 bits per heavy atom. The fourth-order valence-electron chi connectivity index (χ4n) is 1.89. The van der Waals surface area contributed by atoms with Gasteiger partial charge < -0.3 is 15.4 Å². The van der Waals surface area contributed by atoms with E-state index in [2.05, 4.69) is 17.1 Å². The summed E-state index contributed by atoms with van der Waals surface area (Å²) in [5.41, 5.74) is 4.27. The molecule has 0 fully saturated rings.